The molecule has 2 aromatic carbocycles. The number of sulfonamides is 1. The molecule has 6 nitrogen and oxygen atoms in total. The lowest BCUT2D eigenvalue weighted by molar-refractivity contribution is 0.251. The first-order chi connectivity index (χ1) is 11.7. The van der Waals surface area contributed by atoms with Crippen molar-refractivity contribution in [1.82, 2.24) is 9.62 Å². The average molecular weight is 491 g/mol. The highest BCUT2D eigenvalue weighted by molar-refractivity contribution is 9.11. The van der Waals surface area contributed by atoms with E-state index in [1.54, 1.807) is 18.2 Å². The Bertz CT molecular complexity index is 869. The molecule has 0 spiro atoms. The molecule has 134 valence electrons. The van der Waals surface area contributed by atoms with Gasteiger partial charge in [-0.3, -0.25) is 0 Å². The molecule has 2 aromatic rings. The molecule has 0 aromatic heterocycles. The van der Waals surface area contributed by atoms with Crippen molar-refractivity contribution < 1.29 is 13.2 Å². The van der Waals surface area contributed by atoms with Crippen molar-refractivity contribution in [3.63, 3.8) is 0 Å². The van der Waals surface area contributed by atoms with Gasteiger partial charge in [0.05, 0.1) is 10.6 Å². The molecule has 0 aliphatic carbocycles. The predicted octanol–water partition coefficient (Wildman–Crippen LogP) is 3.78. The Morgan fingerprint density at radius 3 is 2.32 bits per heavy atom. The van der Waals surface area contributed by atoms with E-state index in [2.05, 4.69) is 42.5 Å². The molecule has 0 atom stereocenters. The van der Waals surface area contributed by atoms with Crippen molar-refractivity contribution >= 4 is 53.6 Å². The zero-order valence-corrected chi connectivity index (χ0v) is 17.6. The van der Waals surface area contributed by atoms with Gasteiger partial charge in [-0.15, -0.1) is 0 Å². The first kappa shape index (κ1) is 19.9. The van der Waals surface area contributed by atoms with Crippen LogP contribution >= 0.6 is 31.9 Å². The van der Waals surface area contributed by atoms with E-state index >= 15 is 0 Å². The minimum Gasteiger partial charge on any atom is -0.334 e. The Morgan fingerprint density at radius 2 is 1.72 bits per heavy atom. The molecule has 0 saturated heterocycles. The van der Waals surface area contributed by atoms with E-state index in [9.17, 15) is 13.2 Å². The van der Waals surface area contributed by atoms with Crippen molar-refractivity contribution in [2.75, 3.05) is 19.4 Å². The van der Waals surface area contributed by atoms with Gasteiger partial charge in [-0.05, 0) is 51.8 Å². The summed E-state index contributed by atoms with van der Waals surface area (Å²) in [6, 6.07) is 11.5. The van der Waals surface area contributed by atoms with Gasteiger partial charge in [-0.2, -0.15) is 0 Å². The highest BCUT2D eigenvalue weighted by Gasteiger charge is 2.16. The maximum Gasteiger partial charge on any atom is 0.319 e. The average Bonchev–Trinajstić information content (AvgIpc) is 2.56. The first-order valence-electron chi connectivity index (χ1n) is 7.21. The third-order valence-corrected chi connectivity index (χ3v) is 6.35. The third-order valence-electron chi connectivity index (χ3n) is 3.33. The highest BCUT2D eigenvalue weighted by Crippen LogP contribution is 2.26. The van der Waals surface area contributed by atoms with Crippen molar-refractivity contribution in [1.29, 1.82) is 0 Å². The molecule has 0 unspecified atom stereocenters. The zero-order chi connectivity index (χ0) is 18.6. The van der Waals surface area contributed by atoms with Gasteiger partial charge in [0.25, 0.3) is 0 Å². The van der Waals surface area contributed by atoms with Crippen molar-refractivity contribution in [3.8, 4) is 0 Å². The second-order valence-electron chi connectivity index (χ2n) is 5.36. The molecule has 9 heteroatoms. The van der Waals surface area contributed by atoms with Crippen LogP contribution in [0.3, 0.4) is 0 Å². The Balaban J connectivity index is 1.97. The molecule has 0 heterocycles. The topological polar surface area (TPSA) is 78.5 Å². The molecule has 0 radical (unpaired) electrons. The van der Waals surface area contributed by atoms with Crippen LogP contribution in [0.1, 0.15) is 5.56 Å². The Morgan fingerprint density at radius 1 is 1.08 bits per heavy atom. The number of urea groups is 1. The molecule has 0 aliphatic heterocycles. The number of halogens is 2. The van der Waals surface area contributed by atoms with Crippen LogP contribution in [0.2, 0.25) is 0 Å². The van der Waals surface area contributed by atoms with Gasteiger partial charge in [-0.1, -0.05) is 28.1 Å². The fourth-order valence-electron chi connectivity index (χ4n) is 1.93. The molecule has 0 saturated carbocycles. The van der Waals surface area contributed by atoms with Gasteiger partial charge >= 0.3 is 6.03 Å². The Hall–Kier alpha value is -1.42. The number of carbonyl (C=O) groups is 1. The normalized spacial score (nSPS) is 11.4. The number of carbonyl (C=O) groups excluding carboxylic acids is 1. The summed E-state index contributed by atoms with van der Waals surface area (Å²) in [6.45, 7) is 0.278. The number of benzene rings is 2. The van der Waals surface area contributed by atoms with Crippen LogP contribution in [0.5, 0.6) is 0 Å². The summed E-state index contributed by atoms with van der Waals surface area (Å²) in [6.07, 6.45) is 0. The quantitative estimate of drug-likeness (QED) is 0.669. The standard InChI is InChI=1S/C16H17Br2N3O3S/c1-21(2)25(23,24)13-6-3-11(4-7-13)10-19-16(22)20-15-9-12(17)5-8-14(15)18/h3-9H,10H2,1-2H3,(H2,19,20,22). The SMILES string of the molecule is CN(C)S(=O)(=O)c1ccc(CNC(=O)Nc2cc(Br)ccc2Br)cc1. The summed E-state index contributed by atoms with van der Waals surface area (Å²) in [5.74, 6) is 0. The minimum atomic E-state index is -3.45. The van der Waals surface area contributed by atoms with Crippen LogP contribution in [-0.4, -0.2) is 32.8 Å². The Kier molecular flexibility index (Phi) is 6.61. The van der Waals surface area contributed by atoms with Crippen molar-refractivity contribution in [2.24, 2.45) is 0 Å². The van der Waals surface area contributed by atoms with Gasteiger partial charge < -0.3 is 10.6 Å². The maximum atomic E-state index is 12.0. The fourth-order valence-corrected chi connectivity index (χ4v) is 3.54. The Labute approximate surface area is 163 Å². The highest BCUT2D eigenvalue weighted by atomic mass is 79.9. The predicted molar refractivity (Wildman–Crippen MR) is 105 cm³/mol. The monoisotopic (exact) mass is 489 g/mol. The van der Waals surface area contributed by atoms with Gasteiger partial charge in [0, 0.05) is 29.6 Å². The summed E-state index contributed by atoms with van der Waals surface area (Å²) in [4.78, 5) is 12.2. The molecule has 0 fully saturated rings. The number of anilines is 1. The lowest BCUT2D eigenvalue weighted by Gasteiger charge is -2.12. The molecule has 2 amide bonds. The molecular formula is C16H17Br2N3O3S. The fraction of sp³-hybridized carbons (Fsp3) is 0.188. The lowest BCUT2D eigenvalue weighted by atomic mass is 10.2. The van der Waals surface area contributed by atoms with Gasteiger partial charge in [0.15, 0.2) is 0 Å². The second kappa shape index (κ2) is 8.31. The van der Waals surface area contributed by atoms with Gasteiger partial charge in [0.1, 0.15) is 0 Å². The third kappa shape index (κ3) is 5.27. The van der Waals surface area contributed by atoms with E-state index in [1.165, 1.54) is 26.2 Å². The van der Waals surface area contributed by atoms with E-state index < -0.39 is 10.0 Å². The van der Waals surface area contributed by atoms with Crippen molar-refractivity contribution in [2.45, 2.75) is 11.4 Å². The smallest absolute Gasteiger partial charge is 0.319 e. The zero-order valence-electron chi connectivity index (χ0n) is 13.6. The number of amides is 2. The van der Waals surface area contributed by atoms with E-state index in [4.69, 9.17) is 0 Å². The number of rotatable bonds is 5. The molecule has 0 bridgehead atoms. The van der Waals surface area contributed by atoms with E-state index in [1.807, 2.05) is 12.1 Å². The lowest BCUT2D eigenvalue weighted by Crippen LogP contribution is -2.28. The largest absolute Gasteiger partial charge is 0.334 e. The van der Waals surface area contributed by atoms with Crippen LogP contribution in [0.15, 0.2) is 56.3 Å². The second-order valence-corrected chi connectivity index (χ2v) is 9.29. The maximum absolute atomic E-state index is 12.0. The van der Waals surface area contributed by atoms with Crippen molar-refractivity contribution in [3.05, 3.63) is 57.0 Å². The molecular weight excluding hydrogens is 474 g/mol. The van der Waals surface area contributed by atoms with Gasteiger partial charge in [0.2, 0.25) is 10.0 Å². The molecule has 25 heavy (non-hydrogen) atoms. The molecule has 2 N–H and O–H groups in total. The number of hydrogen-bond acceptors (Lipinski definition) is 3. The van der Waals surface area contributed by atoms with Gasteiger partial charge in [-0.25, -0.2) is 17.5 Å². The summed E-state index contributed by atoms with van der Waals surface area (Å²) in [7, 11) is -0.488. The summed E-state index contributed by atoms with van der Waals surface area (Å²) < 4.78 is 26.8. The molecule has 0 aliphatic rings. The van der Waals surface area contributed by atoms with Crippen LogP contribution in [0, 0.1) is 0 Å². The van der Waals surface area contributed by atoms with E-state index in [0.717, 1.165) is 18.8 Å². The van der Waals surface area contributed by atoms with Crippen LogP contribution < -0.4 is 10.6 Å². The van der Waals surface area contributed by atoms with Crippen LogP contribution in [0.25, 0.3) is 0 Å². The summed E-state index contributed by atoms with van der Waals surface area (Å²) >= 11 is 6.72. The number of hydrogen-bond donors (Lipinski definition) is 2. The first-order valence-corrected chi connectivity index (χ1v) is 10.2. The van der Waals surface area contributed by atoms with E-state index in [0.29, 0.717) is 5.69 Å². The number of nitrogens with one attached hydrogen (secondary N) is 2. The van der Waals surface area contributed by atoms with Crippen LogP contribution in [0.4, 0.5) is 10.5 Å². The number of nitrogens with zero attached hydrogens (tertiary/aromatic N) is 1. The molecule has 2 rings (SSSR count). The minimum absolute atomic E-state index is 0.212. The summed E-state index contributed by atoms with van der Waals surface area (Å²) in [5, 5.41) is 5.47. The van der Waals surface area contributed by atoms with E-state index in [-0.39, 0.29) is 17.5 Å². The summed E-state index contributed by atoms with van der Waals surface area (Å²) in [5.41, 5.74) is 1.43. The van der Waals surface area contributed by atoms with Crippen LogP contribution in [-0.2, 0) is 16.6 Å².